The van der Waals surface area contributed by atoms with Crippen LogP contribution in [0.3, 0.4) is 0 Å². The Bertz CT molecular complexity index is 1370. The van der Waals surface area contributed by atoms with E-state index in [2.05, 4.69) is 0 Å². The van der Waals surface area contributed by atoms with Crippen molar-refractivity contribution in [1.29, 1.82) is 0 Å². The lowest BCUT2D eigenvalue weighted by Gasteiger charge is -2.27. The summed E-state index contributed by atoms with van der Waals surface area (Å²) in [6.45, 7) is 3.73. The fourth-order valence-corrected chi connectivity index (χ4v) is 4.55. The molecule has 0 saturated carbocycles. The van der Waals surface area contributed by atoms with E-state index in [0.29, 0.717) is 45.4 Å². The molecule has 0 radical (unpaired) electrons. The minimum Gasteiger partial charge on any atom is -0.507 e. The number of hydrogen-bond acceptors (Lipinski definition) is 7. The molecule has 0 spiro atoms. The Balaban J connectivity index is 2.02. The Kier molecular flexibility index (Phi) is 7.11. The van der Waals surface area contributed by atoms with Gasteiger partial charge in [-0.2, -0.15) is 0 Å². The summed E-state index contributed by atoms with van der Waals surface area (Å²) in [4.78, 5) is 28.3. The van der Waals surface area contributed by atoms with Gasteiger partial charge in [-0.1, -0.05) is 17.7 Å². The molecule has 8 heteroatoms. The number of ether oxygens (including phenoxy) is 4. The number of amides is 1. The smallest absolute Gasteiger partial charge is 0.300 e. The van der Waals surface area contributed by atoms with E-state index in [1.54, 1.807) is 56.5 Å². The molecule has 1 saturated heterocycles. The summed E-state index contributed by atoms with van der Waals surface area (Å²) in [5, 5.41) is 11.5. The van der Waals surface area contributed by atoms with E-state index in [0.717, 1.165) is 5.56 Å². The second kappa shape index (κ2) is 10.3. The van der Waals surface area contributed by atoms with Crippen LogP contribution in [-0.2, 0) is 9.59 Å². The third-order valence-electron chi connectivity index (χ3n) is 6.45. The molecule has 0 bridgehead atoms. The molecule has 1 aliphatic rings. The summed E-state index contributed by atoms with van der Waals surface area (Å²) in [6.07, 6.45) is 0. The topological polar surface area (TPSA) is 94.5 Å². The lowest BCUT2D eigenvalue weighted by atomic mass is 9.93. The first kappa shape index (κ1) is 25.6. The van der Waals surface area contributed by atoms with Crippen LogP contribution in [0, 0.1) is 13.8 Å². The highest BCUT2D eigenvalue weighted by Crippen LogP contribution is 2.47. The highest BCUT2D eigenvalue weighted by Gasteiger charge is 2.47. The third-order valence-corrected chi connectivity index (χ3v) is 6.45. The highest BCUT2D eigenvalue weighted by molar-refractivity contribution is 6.51. The van der Waals surface area contributed by atoms with Gasteiger partial charge in [0, 0.05) is 11.3 Å². The number of methoxy groups -OCH3 is 4. The Morgan fingerprint density at radius 2 is 1.43 bits per heavy atom. The first-order valence-electron chi connectivity index (χ1n) is 11.6. The van der Waals surface area contributed by atoms with Gasteiger partial charge in [-0.05, 0) is 67.4 Å². The molecule has 1 atom stereocenters. The molecule has 1 heterocycles. The lowest BCUT2D eigenvalue weighted by molar-refractivity contribution is -0.132. The Labute approximate surface area is 215 Å². The summed E-state index contributed by atoms with van der Waals surface area (Å²) in [7, 11) is 6.01. The van der Waals surface area contributed by atoms with Gasteiger partial charge in [-0.15, -0.1) is 0 Å². The predicted octanol–water partition coefficient (Wildman–Crippen LogP) is 4.96. The third kappa shape index (κ3) is 4.46. The van der Waals surface area contributed by atoms with Crippen molar-refractivity contribution in [2.45, 2.75) is 19.9 Å². The van der Waals surface area contributed by atoms with Crippen LogP contribution in [0.5, 0.6) is 23.0 Å². The molecule has 1 amide bonds. The second-order valence-electron chi connectivity index (χ2n) is 8.64. The van der Waals surface area contributed by atoms with Crippen LogP contribution in [0.1, 0.15) is 28.3 Å². The molecule has 1 N–H and O–H groups in total. The van der Waals surface area contributed by atoms with E-state index in [1.807, 2.05) is 19.1 Å². The van der Waals surface area contributed by atoms with Gasteiger partial charge in [0.15, 0.2) is 11.5 Å². The van der Waals surface area contributed by atoms with E-state index in [1.165, 1.54) is 26.2 Å². The fourth-order valence-electron chi connectivity index (χ4n) is 4.55. The van der Waals surface area contributed by atoms with E-state index in [9.17, 15) is 14.7 Å². The maximum absolute atomic E-state index is 13.5. The molecule has 1 aliphatic heterocycles. The fraction of sp³-hybridized carbons (Fsp3) is 0.241. The number of aryl methyl sites for hydroxylation is 2. The van der Waals surface area contributed by atoms with Crippen LogP contribution < -0.4 is 23.8 Å². The molecule has 1 fully saturated rings. The van der Waals surface area contributed by atoms with Crippen molar-refractivity contribution in [2.75, 3.05) is 33.3 Å². The molecular formula is C29H29NO7. The number of aliphatic hydroxyl groups excluding tert-OH is 1. The first-order valence-corrected chi connectivity index (χ1v) is 11.6. The van der Waals surface area contributed by atoms with Gasteiger partial charge in [0.2, 0.25) is 5.75 Å². The molecule has 192 valence electrons. The number of Topliss-reactive ketones (excluding diaryl/α,β-unsaturated/α-hetero) is 1. The van der Waals surface area contributed by atoms with Crippen molar-refractivity contribution in [3.63, 3.8) is 0 Å². The molecule has 3 aromatic rings. The van der Waals surface area contributed by atoms with Crippen LogP contribution >= 0.6 is 0 Å². The van der Waals surface area contributed by atoms with Crippen LogP contribution in [0.2, 0.25) is 0 Å². The Hall–Kier alpha value is -4.46. The van der Waals surface area contributed by atoms with Crippen LogP contribution in [0.4, 0.5) is 5.69 Å². The van der Waals surface area contributed by atoms with Gasteiger partial charge in [-0.25, -0.2) is 0 Å². The Morgan fingerprint density at radius 1 is 0.811 bits per heavy atom. The summed E-state index contributed by atoms with van der Waals surface area (Å²) in [6, 6.07) is 14.7. The van der Waals surface area contributed by atoms with Crippen molar-refractivity contribution < 1.29 is 33.6 Å². The number of anilines is 1. The molecule has 1 unspecified atom stereocenters. The van der Waals surface area contributed by atoms with Gasteiger partial charge in [0.05, 0.1) is 40.1 Å². The zero-order valence-electron chi connectivity index (χ0n) is 21.6. The molecule has 37 heavy (non-hydrogen) atoms. The Morgan fingerprint density at radius 3 is 1.95 bits per heavy atom. The minimum absolute atomic E-state index is 0.0480. The average Bonchev–Trinajstić information content (AvgIpc) is 3.17. The van der Waals surface area contributed by atoms with Gasteiger partial charge < -0.3 is 24.1 Å². The largest absolute Gasteiger partial charge is 0.507 e. The van der Waals surface area contributed by atoms with Crippen molar-refractivity contribution >= 4 is 23.1 Å². The number of hydrogen-bond donors (Lipinski definition) is 1. The number of rotatable bonds is 7. The standard InChI is InChI=1S/C29H29NO7/c1-16-7-9-19(10-8-16)30-25(18-14-22(35-4)28(37-6)23(15-18)36-5)24(27(32)29(30)33)26(31)21-12-11-20(34-3)13-17(21)2/h7-15,25,31H,1-6H3/b26-24+. The van der Waals surface area contributed by atoms with E-state index in [4.69, 9.17) is 18.9 Å². The molecule has 3 aromatic carbocycles. The monoisotopic (exact) mass is 503 g/mol. The minimum atomic E-state index is -0.960. The number of nitrogens with zero attached hydrogens (tertiary/aromatic N) is 1. The second-order valence-corrected chi connectivity index (χ2v) is 8.64. The van der Waals surface area contributed by atoms with Gasteiger partial charge in [-0.3, -0.25) is 14.5 Å². The van der Waals surface area contributed by atoms with Crippen molar-refractivity contribution in [3.05, 3.63) is 82.4 Å². The van der Waals surface area contributed by atoms with E-state index < -0.39 is 17.7 Å². The average molecular weight is 504 g/mol. The van der Waals surface area contributed by atoms with Gasteiger partial charge in [0.25, 0.3) is 11.7 Å². The molecule has 0 aliphatic carbocycles. The normalized spacial score (nSPS) is 16.6. The lowest BCUT2D eigenvalue weighted by Crippen LogP contribution is -2.29. The van der Waals surface area contributed by atoms with Crippen LogP contribution in [0.15, 0.2) is 60.2 Å². The maximum atomic E-state index is 13.5. The number of benzene rings is 3. The SMILES string of the molecule is COc1ccc(/C(O)=C2\C(=O)C(=O)N(c3ccc(C)cc3)C2c2cc(OC)c(OC)c(OC)c2)c(C)c1. The van der Waals surface area contributed by atoms with Gasteiger partial charge >= 0.3 is 0 Å². The maximum Gasteiger partial charge on any atom is 0.300 e. The summed E-state index contributed by atoms with van der Waals surface area (Å²) in [5.41, 5.74) is 3.06. The van der Waals surface area contributed by atoms with Gasteiger partial charge in [0.1, 0.15) is 11.5 Å². The number of aliphatic hydroxyl groups is 1. The van der Waals surface area contributed by atoms with E-state index in [-0.39, 0.29) is 11.3 Å². The zero-order chi connectivity index (χ0) is 26.9. The number of carbonyl (C=O) groups is 2. The summed E-state index contributed by atoms with van der Waals surface area (Å²) >= 11 is 0. The number of carbonyl (C=O) groups excluding carboxylic acids is 2. The zero-order valence-corrected chi connectivity index (χ0v) is 21.6. The molecular weight excluding hydrogens is 474 g/mol. The summed E-state index contributed by atoms with van der Waals surface area (Å²) < 4.78 is 21.8. The van der Waals surface area contributed by atoms with Crippen LogP contribution in [0.25, 0.3) is 5.76 Å². The number of ketones is 1. The predicted molar refractivity (Wildman–Crippen MR) is 140 cm³/mol. The van der Waals surface area contributed by atoms with Crippen molar-refractivity contribution in [1.82, 2.24) is 0 Å². The van der Waals surface area contributed by atoms with E-state index >= 15 is 0 Å². The first-order chi connectivity index (χ1) is 17.7. The molecule has 0 aromatic heterocycles. The quantitative estimate of drug-likeness (QED) is 0.277. The molecule has 4 rings (SSSR count). The molecule has 8 nitrogen and oxygen atoms in total. The highest BCUT2D eigenvalue weighted by atomic mass is 16.5. The van der Waals surface area contributed by atoms with Crippen molar-refractivity contribution in [2.24, 2.45) is 0 Å². The summed E-state index contributed by atoms with van der Waals surface area (Å²) in [5.74, 6) is -0.157. The van der Waals surface area contributed by atoms with Crippen molar-refractivity contribution in [3.8, 4) is 23.0 Å². The van der Waals surface area contributed by atoms with Crippen LogP contribution in [-0.4, -0.2) is 45.2 Å².